The fraction of sp³-hybridized carbons (Fsp3) is 0.467. The maximum Gasteiger partial charge on any atom is 0.238 e. The molecule has 0 atom stereocenters. The van der Waals surface area contributed by atoms with Crippen molar-refractivity contribution in [3.8, 4) is 0 Å². The van der Waals surface area contributed by atoms with Gasteiger partial charge in [0.2, 0.25) is 11.8 Å². The SMILES string of the molecule is COCCCNCC(=O)Nc1ccc(N(C)C(C)=O)cc1. The Morgan fingerprint density at radius 2 is 1.90 bits per heavy atom. The number of nitrogens with one attached hydrogen (secondary N) is 2. The predicted molar refractivity (Wildman–Crippen MR) is 83.5 cm³/mol. The monoisotopic (exact) mass is 293 g/mol. The van der Waals surface area contributed by atoms with Crippen LogP contribution in [0.4, 0.5) is 11.4 Å². The fourth-order valence-electron chi connectivity index (χ4n) is 1.70. The van der Waals surface area contributed by atoms with Crippen molar-refractivity contribution in [2.75, 3.05) is 44.1 Å². The minimum absolute atomic E-state index is 0.0351. The number of amides is 2. The Kier molecular flexibility index (Phi) is 7.42. The summed E-state index contributed by atoms with van der Waals surface area (Å²) in [5.74, 6) is -0.132. The van der Waals surface area contributed by atoms with Gasteiger partial charge in [-0.2, -0.15) is 0 Å². The van der Waals surface area contributed by atoms with Crippen LogP contribution in [-0.2, 0) is 14.3 Å². The summed E-state index contributed by atoms with van der Waals surface area (Å²) >= 11 is 0. The standard InChI is InChI=1S/C15H23N3O3/c1-12(19)18(2)14-7-5-13(6-8-14)17-15(20)11-16-9-4-10-21-3/h5-8,16H,4,9-11H2,1-3H3,(H,17,20). The Labute approximate surface area is 125 Å². The summed E-state index contributed by atoms with van der Waals surface area (Å²) in [6.45, 7) is 3.19. The first-order chi connectivity index (χ1) is 10.0. The molecule has 0 aliphatic heterocycles. The van der Waals surface area contributed by atoms with Crippen molar-refractivity contribution >= 4 is 23.2 Å². The largest absolute Gasteiger partial charge is 0.385 e. The van der Waals surface area contributed by atoms with Crippen LogP contribution in [0.1, 0.15) is 13.3 Å². The molecule has 0 fully saturated rings. The van der Waals surface area contributed by atoms with Gasteiger partial charge in [0.05, 0.1) is 6.54 Å². The molecule has 0 aromatic heterocycles. The molecular formula is C15H23N3O3. The second-order valence-corrected chi connectivity index (χ2v) is 4.70. The molecule has 1 rings (SSSR count). The summed E-state index contributed by atoms with van der Waals surface area (Å²) in [5, 5.41) is 5.83. The summed E-state index contributed by atoms with van der Waals surface area (Å²) in [5.41, 5.74) is 1.50. The highest BCUT2D eigenvalue weighted by atomic mass is 16.5. The van der Waals surface area contributed by atoms with Crippen molar-refractivity contribution in [1.29, 1.82) is 0 Å². The molecule has 0 saturated carbocycles. The molecule has 1 aromatic rings. The molecule has 0 aliphatic rings. The topological polar surface area (TPSA) is 70.7 Å². The summed E-state index contributed by atoms with van der Waals surface area (Å²) in [4.78, 5) is 24.5. The second-order valence-electron chi connectivity index (χ2n) is 4.70. The molecular weight excluding hydrogens is 270 g/mol. The molecule has 0 aliphatic carbocycles. The molecule has 0 bridgehead atoms. The van der Waals surface area contributed by atoms with Gasteiger partial charge in [-0.15, -0.1) is 0 Å². The molecule has 2 N–H and O–H groups in total. The van der Waals surface area contributed by atoms with E-state index < -0.39 is 0 Å². The Bertz CT molecular complexity index is 460. The number of carbonyl (C=O) groups is 2. The number of rotatable bonds is 8. The second kappa shape index (κ2) is 9.10. The number of anilines is 2. The number of benzene rings is 1. The van der Waals surface area contributed by atoms with Gasteiger partial charge in [-0.25, -0.2) is 0 Å². The molecule has 1 aromatic carbocycles. The number of hydrogen-bond acceptors (Lipinski definition) is 4. The smallest absolute Gasteiger partial charge is 0.238 e. The van der Waals surface area contributed by atoms with Crippen LogP contribution >= 0.6 is 0 Å². The molecule has 0 spiro atoms. The first-order valence-corrected chi connectivity index (χ1v) is 6.88. The van der Waals surface area contributed by atoms with Crippen LogP contribution in [0.3, 0.4) is 0 Å². The highest BCUT2D eigenvalue weighted by molar-refractivity contribution is 5.93. The lowest BCUT2D eigenvalue weighted by Crippen LogP contribution is -2.29. The van der Waals surface area contributed by atoms with E-state index in [1.807, 2.05) is 0 Å². The van der Waals surface area contributed by atoms with Gasteiger partial charge < -0.3 is 20.3 Å². The average molecular weight is 293 g/mol. The lowest BCUT2D eigenvalue weighted by molar-refractivity contribution is -0.116. The Hall–Kier alpha value is -1.92. The highest BCUT2D eigenvalue weighted by Gasteiger charge is 2.06. The molecule has 0 heterocycles. The van der Waals surface area contributed by atoms with Gasteiger partial charge in [0.1, 0.15) is 0 Å². The maximum absolute atomic E-state index is 11.7. The van der Waals surface area contributed by atoms with Crippen LogP contribution in [0.15, 0.2) is 24.3 Å². The third kappa shape index (κ3) is 6.37. The van der Waals surface area contributed by atoms with Crippen molar-refractivity contribution in [2.45, 2.75) is 13.3 Å². The van der Waals surface area contributed by atoms with Crippen LogP contribution < -0.4 is 15.5 Å². The van der Waals surface area contributed by atoms with Crippen LogP contribution in [0.2, 0.25) is 0 Å². The fourth-order valence-corrected chi connectivity index (χ4v) is 1.70. The van der Waals surface area contributed by atoms with Crippen LogP contribution in [0.5, 0.6) is 0 Å². The number of carbonyl (C=O) groups excluding carboxylic acids is 2. The minimum atomic E-state index is -0.0971. The van der Waals surface area contributed by atoms with Gasteiger partial charge in [0.25, 0.3) is 0 Å². The van der Waals surface area contributed by atoms with Gasteiger partial charge in [-0.05, 0) is 37.2 Å². The molecule has 6 nitrogen and oxygen atoms in total. The summed E-state index contributed by atoms with van der Waals surface area (Å²) in [6, 6.07) is 7.14. The van der Waals surface area contributed by atoms with E-state index in [0.29, 0.717) is 12.3 Å². The molecule has 0 radical (unpaired) electrons. The van der Waals surface area contributed by atoms with E-state index in [1.54, 1.807) is 43.3 Å². The van der Waals surface area contributed by atoms with E-state index in [1.165, 1.54) is 6.92 Å². The zero-order valence-electron chi connectivity index (χ0n) is 12.8. The van der Waals surface area contributed by atoms with Gasteiger partial charge in [-0.3, -0.25) is 9.59 Å². The van der Waals surface area contributed by atoms with Crippen molar-refractivity contribution in [3.63, 3.8) is 0 Å². The van der Waals surface area contributed by atoms with E-state index in [9.17, 15) is 9.59 Å². The normalized spacial score (nSPS) is 10.2. The third-order valence-electron chi connectivity index (χ3n) is 3.00. The van der Waals surface area contributed by atoms with Crippen LogP contribution in [0, 0.1) is 0 Å². The molecule has 2 amide bonds. The summed E-state index contributed by atoms with van der Waals surface area (Å²) in [6.07, 6.45) is 0.871. The van der Waals surface area contributed by atoms with Crippen molar-refractivity contribution in [1.82, 2.24) is 5.32 Å². The van der Waals surface area contributed by atoms with Crippen molar-refractivity contribution < 1.29 is 14.3 Å². The molecule has 0 saturated heterocycles. The highest BCUT2D eigenvalue weighted by Crippen LogP contribution is 2.16. The minimum Gasteiger partial charge on any atom is -0.385 e. The van der Waals surface area contributed by atoms with Crippen molar-refractivity contribution in [3.05, 3.63) is 24.3 Å². The third-order valence-corrected chi connectivity index (χ3v) is 3.00. The molecule has 6 heteroatoms. The number of hydrogen-bond donors (Lipinski definition) is 2. The first-order valence-electron chi connectivity index (χ1n) is 6.88. The van der Waals surface area contributed by atoms with E-state index in [2.05, 4.69) is 10.6 Å². The van der Waals surface area contributed by atoms with Crippen LogP contribution in [-0.4, -0.2) is 45.7 Å². The summed E-state index contributed by atoms with van der Waals surface area (Å²) < 4.78 is 4.92. The van der Waals surface area contributed by atoms with Gasteiger partial charge >= 0.3 is 0 Å². The number of nitrogens with zero attached hydrogens (tertiary/aromatic N) is 1. The lowest BCUT2D eigenvalue weighted by atomic mass is 10.2. The Morgan fingerprint density at radius 3 is 2.48 bits per heavy atom. The quantitative estimate of drug-likeness (QED) is 0.707. The average Bonchev–Trinajstić information content (AvgIpc) is 2.47. The molecule has 116 valence electrons. The Morgan fingerprint density at radius 1 is 1.24 bits per heavy atom. The zero-order valence-corrected chi connectivity index (χ0v) is 12.8. The summed E-state index contributed by atoms with van der Waals surface area (Å²) in [7, 11) is 3.36. The van der Waals surface area contributed by atoms with Crippen molar-refractivity contribution in [2.24, 2.45) is 0 Å². The van der Waals surface area contributed by atoms with E-state index in [4.69, 9.17) is 4.74 Å². The van der Waals surface area contributed by atoms with Crippen LogP contribution in [0.25, 0.3) is 0 Å². The number of methoxy groups -OCH3 is 1. The van der Waals surface area contributed by atoms with Gasteiger partial charge in [0.15, 0.2) is 0 Å². The van der Waals surface area contributed by atoms with E-state index in [-0.39, 0.29) is 18.4 Å². The van der Waals surface area contributed by atoms with Gasteiger partial charge in [0, 0.05) is 39.1 Å². The van der Waals surface area contributed by atoms with Gasteiger partial charge in [-0.1, -0.05) is 0 Å². The first kappa shape index (κ1) is 17.1. The number of ether oxygens (including phenoxy) is 1. The van der Waals surface area contributed by atoms with E-state index >= 15 is 0 Å². The zero-order chi connectivity index (χ0) is 15.7. The Balaban J connectivity index is 2.38. The lowest BCUT2D eigenvalue weighted by Gasteiger charge is -2.15. The molecule has 0 unspecified atom stereocenters. The predicted octanol–water partition coefficient (Wildman–Crippen LogP) is 1.23. The molecule has 21 heavy (non-hydrogen) atoms. The maximum atomic E-state index is 11.7. The van der Waals surface area contributed by atoms with E-state index in [0.717, 1.165) is 18.7 Å².